The zero-order chi connectivity index (χ0) is 19.1. The summed E-state index contributed by atoms with van der Waals surface area (Å²) in [4.78, 5) is 12.7. The van der Waals surface area contributed by atoms with Gasteiger partial charge in [0.05, 0.1) is 10.6 Å². The quantitative estimate of drug-likeness (QED) is 0.839. The summed E-state index contributed by atoms with van der Waals surface area (Å²) in [6.45, 7) is 5.56. The molecule has 1 aromatic heterocycles. The normalized spacial score (nSPS) is 15.9. The van der Waals surface area contributed by atoms with E-state index in [2.05, 4.69) is 10.4 Å². The molecule has 0 radical (unpaired) electrons. The number of carbonyl (C=O) groups is 1. The van der Waals surface area contributed by atoms with Crippen LogP contribution >= 0.6 is 0 Å². The second-order valence-electron chi connectivity index (χ2n) is 6.81. The van der Waals surface area contributed by atoms with Crippen LogP contribution in [0.25, 0.3) is 0 Å². The first-order chi connectivity index (χ1) is 12.2. The average Bonchev–Trinajstić information content (AvgIpc) is 3.38. The Kier molecular flexibility index (Phi) is 4.90. The molecule has 140 valence electrons. The zero-order valence-electron chi connectivity index (χ0n) is 15.4. The van der Waals surface area contributed by atoms with E-state index in [-0.39, 0.29) is 16.8 Å². The van der Waals surface area contributed by atoms with Crippen LogP contribution in [0.15, 0.2) is 35.2 Å². The van der Waals surface area contributed by atoms with E-state index in [9.17, 15) is 13.2 Å². The van der Waals surface area contributed by atoms with Gasteiger partial charge in [-0.05, 0) is 63.9 Å². The lowest BCUT2D eigenvalue weighted by atomic mass is 10.2. The molecule has 26 heavy (non-hydrogen) atoms. The minimum Gasteiger partial charge on any atom is -0.324 e. The highest BCUT2D eigenvalue weighted by molar-refractivity contribution is 7.89. The monoisotopic (exact) mass is 376 g/mol. The number of nitrogens with zero attached hydrogens (tertiary/aromatic N) is 3. The Bertz CT molecular complexity index is 914. The highest BCUT2D eigenvalue weighted by Crippen LogP contribution is 2.30. The SMILES string of the molecule is Cc1cc(C)n(C(C)C(=O)Nc2ccc(S(=O)(=O)N(C)C3CC3)cc2)n1. The number of hydrogen-bond donors (Lipinski definition) is 1. The molecule has 8 heteroatoms. The molecule has 1 fully saturated rings. The standard InChI is InChI=1S/C18H24N4O3S/c1-12-11-13(2)22(20-12)14(3)18(23)19-15-5-9-17(10-6-15)26(24,25)21(4)16-7-8-16/h5-6,9-11,14,16H,7-8H2,1-4H3,(H,19,23). The van der Waals surface area contributed by atoms with Gasteiger partial charge in [-0.25, -0.2) is 8.42 Å². The van der Waals surface area contributed by atoms with Crippen LogP contribution in [0.4, 0.5) is 5.69 Å². The molecule has 0 saturated heterocycles. The molecule has 7 nitrogen and oxygen atoms in total. The molecule has 1 N–H and O–H groups in total. The highest BCUT2D eigenvalue weighted by atomic mass is 32.2. The summed E-state index contributed by atoms with van der Waals surface area (Å²) in [7, 11) is -1.87. The van der Waals surface area contributed by atoms with Crippen molar-refractivity contribution in [1.82, 2.24) is 14.1 Å². The van der Waals surface area contributed by atoms with Gasteiger partial charge in [0, 0.05) is 24.5 Å². The second kappa shape index (κ2) is 6.85. The van der Waals surface area contributed by atoms with Crippen molar-refractivity contribution in [2.45, 2.75) is 50.6 Å². The van der Waals surface area contributed by atoms with Crippen LogP contribution in [0.5, 0.6) is 0 Å². The summed E-state index contributed by atoms with van der Waals surface area (Å²) >= 11 is 0. The number of sulfonamides is 1. The molecule has 0 spiro atoms. The zero-order valence-corrected chi connectivity index (χ0v) is 16.2. The van der Waals surface area contributed by atoms with Crippen LogP contribution in [-0.4, -0.2) is 41.5 Å². The van der Waals surface area contributed by atoms with Gasteiger partial charge in [-0.15, -0.1) is 0 Å². The molecule has 1 heterocycles. The summed E-state index contributed by atoms with van der Waals surface area (Å²) < 4.78 is 28.1. The van der Waals surface area contributed by atoms with Gasteiger partial charge in [0.25, 0.3) is 0 Å². The van der Waals surface area contributed by atoms with E-state index in [0.717, 1.165) is 24.2 Å². The van der Waals surface area contributed by atoms with Crippen molar-refractivity contribution in [2.75, 3.05) is 12.4 Å². The third kappa shape index (κ3) is 3.66. The maximum Gasteiger partial charge on any atom is 0.248 e. The third-order valence-electron chi connectivity index (χ3n) is 4.65. The van der Waals surface area contributed by atoms with E-state index in [1.54, 1.807) is 30.8 Å². The fraction of sp³-hybridized carbons (Fsp3) is 0.444. The Morgan fingerprint density at radius 1 is 1.27 bits per heavy atom. The van der Waals surface area contributed by atoms with Crippen LogP contribution in [0.3, 0.4) is 0 Å². The minimum atomic E-state index is -3.48. The predicted molar refractivity (Wildman–Crippen MR) is 99.5 cm³/mol. The van der Waals surface area contributed by atoms with Crippen LogP contribution < -0.4 is 5.32 Å². The fourth-order valence-electron chi connectivity index (χ4n) is 2.91. The van der Waals surface area contributed by atoms with Crippen LogP contribution in [0.1, 0.15) is 37.2 Å². The van der Waals surface area contributed by atoms with Crippen molar-refractivity contribution in [3.63, 3.8) is 0 Å². The molecule has 0 bridgehead atoms. The summed E-state index contributed by atoms with van der Waals surface area (Å²) in [6.07, 6.45) is 1.82. The summed E-state index contributed by atoms with van der Waals surface area (Å²) in [5.74, 6) is -0.207. The van der Waals surface area contributed by atoms with E-state index >= 15 is 0 Å². The van der Waals surface area contributed by atoms with Gasteiger partial charge >= 0.3 is 0 Å². The van der Waals surface area contributed by atoms with Crippen LogP contribution in [0.2, 0.25) is 0 Å². The molecule has 1 aliphatic carbocycles. The number of benzene rings is 1. The average molecular weight is 376 g/mol. The molecule has 1 saturated carbocycles. The summed E-state index contributed by atoms with van der Waals surface area (Å²) in [6, 6.07) is 7.84. The van der Waals surface area contributed by atoms with E-state index < -0.39 is 16.1 Å². The third-order valence-corrected chi connectivity index (χ3v) is 6.58. The van der Waals surface area contributed by atoms with Gasteiger partial charge in [0.15, 0.2) is 0 Å². The van der Waals surface area contributed by atoms with Crippen molar-refractivity contribution in [2.24, 2.45) is 0 Å². The summed E-state index contributed by atoms with van der Waals surface area (Å²) in [5.41, 5.74) is 2.32. The Balaban J connectivity index is 1.71. The molecule has 1 aromatic carbocycles. The fourth-order valence-corrected chi connectivity index (χ4v) is 4.32. The lowest BCUT2D eigenvalue weighted by Crippen LogP contribution is -2.29. The van der Waals surface area contributed by atoms with Crippen molar-refractivity contribution < 1.29 is 13.2 Å². The first kappa shape index (κ1) is 18.6. The van der Waals surface area contributed by atoms with Crippen LogP contribution in [-0.2, 0) is 14.8 Å². The topological polar surface area (TPSA) is 84.3 Å². The largest absolute Gasteiger partial charge is 0.324 e. The number of amides is 1. The second-order valence-corrected chi connectivity index (χ2v) is 8.81. The van der Waals surface area contributed by atoms with Gasteiger partial charge in [-0.1, -0.05) is 0 Å². The van der Waals surface area contributed by atoms with Gasteiger partial charge in [-0.2, -0.15) is 9.40 Å². The minimum absolute atomic E-state index is 0.112. The number of aromatic nitrogens is 2. The number of hydrogen-bond acceptors (Lipinski definition) is 4. The number of aryl methyl sites for hydroxylation is 2. The molecule has 2 aromatic rings. The maximum atomic E-state index is 12.5. The van der Waals surface area contributed by atoms with E-state index in [1.807, 2.05) is 19.9 Å². The van der Waals surface area contributed by atoms with Crippen molar-refractivity contribution >= 4 is 21.6 Å². The number of nitrogens with one attached hydrogen (secondary N) is 1. The molecule has 0 aliphatic heterocycles. The molecular weight excluding hydrogens is 352 g/mol. The molecule has 1 aliphatic rings. The Morgan fingerprint density at radius 3 is 2.38 bits per heavy atom. The predicted octanol–water partition coefficient (Wildman–Crippen LogP) is 2.48. The van der Waals surface area contributed by atoms with Crippen molar-refractivity contribution in [1.29, 1.82) is 0 Å². The Labute approximate surface area is 154 Å². The lowest BCUT2D eigenvalue weighted by molar-refractivity contribution is -0.119. The molecule has 3 rings (SSSR count). The number of carbonyl (C=O) groups excluding carboxylic acids is 1. The van der Waals surface area contributed by atoms with Gasteiger partial charge < -0.3 is 5.32 Å². The van der Waals surface area contributed by atoms with E-state index in [4.69, 9.17) is 0 Å². The molecular formula is C18H24N4O3S. The number of rotatable bonds is 6. The Morgan fingerprint density at radius 2 is 1.88 bits per heavy atom. The molecule has 1 amide bonds. The van der Waals surface area contributed by atoms with Crippen molar-refractivity contribution in [3.8, 4) is 0 Å². The van der Waals surface area contributed by atoms with E-state index in [0.29, 0.717) is 5.69 Å². The van der Waals surface area contributed by atoms with E-state index in [1.165, 1.54) is 16.4 Å². The first-order valence-electron chi connectivity index (χ1n) is 8.62. The molecule has 1 unspecified atom stereocenters. The first-order valence-corrected chi connectivity index (χ1v) is 10.1. The highest BCUT2D eigenvalue weighted by Gasteiger charge is 2.34. The van der Waals surface area contributed by atoms with Gasteiger partial charge in [-0.3, -0.25) is 9.48 Å². The van der Waals surface area contributed by atoms with Gasteiger partial charge in [0.2, 0.25) is 15.9 Å². The van der Waals surface area contributed by atoms with Crippen molar-refractivity contribution in [3.05, 3.63) is 41.7 Å². The number of anilines is 1. The van der Waals surface area contributed by atoms with Gasteiger partial charge in [0.1, 0.15) is 6.04 Å². The lowest BCUT2D eigenvalue weighted by Gasteiger charge is -2.17. The smallest absolute Gasteiger partial charge is 0.248 e. The van der Waals surface area contributed by atoms with Crippen LogP contribution in [0, 0.1) is 13.8 Å². The Hall–Kier alpha value is -2.19. The maximum absolute atomic E-state index is 12.5. The summed E-state index contributed by atoms with van der Waals surface area (Å²) in [5, 5.41) is 7.14. The molecule has 1 atom stereocenters.